The van der Waals surface area contributed by atoms with Crippen molar-refractivity contribution in [3.8, 4) is 0 Å². The van der Waals surface area contributed by atoms with Gasteiger partial charge in [-0.25, -0.2) is 8.42 Å². The molecular weight excluding hydrogens is 372 g/mol. The summed E-state index contributed by atoms with van der Waals surface area (Å²) in [5.74, 6) is -0.336. The maximum atomic E-state index is 12.9. The summed E-state index contributed by atoms with van der Waals surface area (Å²) < 4.78 is 26.0. The molecule has 0 saturated heterocycles. The number of nitrogens with one attached hydrogen (secondary N) is 1. The number of rotatable bonds is 7. The molecule has 0 aromatic heterocycles. The van der Waals surface area contributed by atoms with Gasteiger partial charge in [-0.2, -0.15) is 0 Å². The molecule has 2 rings (SSSR count). The van der Waals surface area contributed by atoms with Gasteiger partial charge >= 0.3 is 0 Å². The average Bonchev–Trinajstić information content (AvgIpc) is 2.61. The van der Waals surface area contributed by atoms with E-state index in [1.807, 2.05) is 52.0 Å². The summed E-state index contributed by atoms with van der Waals surface area (Å²) in [6.45, 7) is 9.58. The second-order valence-corrected chi connectivity index (χ2v) is 9.20. The van der Waals surface area contributed by atoms with Crippen LogP contribution in [0, 0.1) is 13.8 Å². The third kappa shape index (κ3) is 5.13. The number of carbonyl (C=O) groups is 1. The van der Waals surface area contributed by atoms with Gasteiger partial charge in [0.1, 0.15) is 6.04 Å². The summed E-state index contributed by atoms with van der Waals surface area (Å²) in [5.41, 5.74) is 4.87. The summed E-state index contributed by atoms with van der Waals surface area (Å²) >= 11 is 0. The smallest absolute Gasteiger partial charge is 0.244 e. The second-order valence-electron chi connectivity index (χ2n) is 7.35. The SMILES string of the molecule is CCc1ccc(N([C@@H](C)C(=O)N[C@@H](C)c2ccc(C)cc2C)S(C)(=O)=O)cc1. The molecule has 0 aliphatic heterocycles. The second kappa shape index (κ2) is 8.78. The Bertz CT molecular complexity index is 937. The lowest BCUT2D eigenvalue weighted by Crippen LogP contribution is -2.48. The molecule has 5 nitrogen and oxygen atoms in total. The van der Waals surface area contributed by atoms with Crippen LogP contribution in [0.4, 0.5) is 5.69 Å². The molecule has 0 saturated carbocycles. The zero-order chi connectivity index (χ0) is 21.1. The van der Waals surface area contributed by atoms with E-state index in [2.05, 4.69) is 11.4 Å². The Kier molecular flexibility index (Phi) is 6.88. The standard InChI is InChI=1S/C22H30N2O3S/c1-7-19-9-11-20(12-10-19)24(28(6,26)27)18(5)22(25)23-17(4)21-13-8-15(2)14-16(21)3/h8-14,17-18H,7H2,1-6H3,(H,23,25)/t17-,18-/m0/s1. The number of amides is 1. The zero-order valence-corrected chi connectivity index (χ0v) is 18.3. The van der Waals surface area contributed by atoms with Gasteiger partial charge in [-0.3, -0.25) is 9.10 Å². The maximum absolute atomic E-state index is 12.9. The van der Waals surface area contributed by atoms with Crippen molar-refractivity contribution in [2.75, 3.05) is 10.6 Å². The molecule has 2 aromatic carbocycles. The van der Waals surface area contributed by atoms with Gasteiger partial charge in [0.2, 0.25) is 15.9 Å². The molecule has 0 unspecified atom stereocenters. The van der Waals surface area contributed by atoms with Crippen LogP contribution in [0.25, 0.3) is 0 Å². The number of anilines is 1. The number of hydrogen-bond acceptors (Lipinski definition) is 3. The van der Waals surface area contributed by atoms with Gasteiger partial charge in [0, 0.05) is 0 Å². The summed E-state index contributed by atoms with van der Waals surface area (Å²) in [7, 11) is -3.62. The first kappa shape index (κ1) is 22.0. The Morgan fingerprint density at radius 3 is 2.18 bits per heavy atom. The fourth-order valence-electron chi connectivity index (χ4n) is 3.41. The predicted molar refractivity (Wildman–Crippen MR) is 115 cm³/mol. The minimum Gasteiger partial charge on any atom is -0.348 e. The predicted octanol–water partition coefficient (Wildman–Crippen LogP) is 3.90. The van der Waals surface area contributed by atoms with Gasteiger partial charge in [-0.05, 0) is 62.9 Å². The Labute approximate surface area is 168 Å². The van der Waals surface area contributed by atoms with Crippen LogP contribution in [0.2, 0.25) is 0 Å². The summed E-state index contributed by atoms with van der Waals surface area (Å²) in [6.07, 6.45) is 1.99. The molecule has 1 N–H and O–H groups in total. The maximum Gasteiger partial charge on any atom is 0.244 e. The van der Waals surface area contributed by atoms with E-state index in [9.17, 15) is 13.2 Å². The molecule has 0 fully saturated rings. The van der Waals surface area contributed by atoms with E-state index in [4.69, 9.17) is 0 Å². The molecule has 0 spiro atoms. The van der Waals surface area contributed by atoms with Gasteiger partial charge < -0.3 is 5.32 Å². The molecule has 152 valence electrons. The molecule has 2 aromatic rings. The number of hydrogen-bond donors (Lipinski definition) is 1. The van der Waals surface area contributed by atoms with Crippen LogP contribution in [-0.2, 0) is 21.2 Å². The summed E-state index contributed by atoms with van der Waals surface area (Å²) in [4.78, 5) is 12.9. The first-order valence-electron chi connectivity index (χ1n) is 9.50. The molecule has 0 radical (unpaired) electrons. The van der Waals surface area contributed by atoms with Crippen molar-refractivity contribution in [2.24, 2.45) is 0 Å². The van der Waals surface area contributed by atoms with E-state index in [1.165, 1.54) is 4.31 Å². The van der Waals surface area contributed by atoms with Crippen molar-refractivity contribution in [3.63, 3.8) is 0 Å². The number of sulfonamides is 1. The van der Waals surface area contributed by atoms with Crippen LogP contribution in [0.1, 0.15) is 49.1 Å². The van der Waals surface area contributed by atoms with Crippen LogP contribution in [-0.4, -0.2) is 26.6 Å². The highest BCUT2D eigenvalue weighted by Crippen LogP contribution is 2.23. The lowest BCUT2D eigenvalue weighted by Gasteiger charge is -2.29. The van der Waals surface area contributed by atoms with Crippen molar-refractivity contribution in [1.29, 1.82) is 0 Å². The first-order chi connectivity index (χ1) is 13.0. The number of carbonyl (C=O) groups excluding carboxylic acids is 1. The number of aryl methyl sites for hydroxylation is 3. The fraction of sp³-hybridized carbons (Fsp3) is 0.409. The molecule has 0 bridgehead atoms. The highest BCUT2D eigenvalue weighted by Gasteiger charge is 2.30. The average molecular weight is 403 g/mol. The molecule has 1 amide bonds. The van der Waals surface area contributed by atoms with Gasteiger partial charge in [0.25, 0.3) is 0 Å². The molecule has 0 aliphatic rings. The largest absolute Gasteiger partial charge is 0.348 e. The minimum absolute atomic E-state index is 0.223. The summed E-state index contributed by atoms with van der Waals surface area (Å²) in [6, 6.07) is 12.3. The van der Waals surface area contributed by atoms with Crippen LogP contribution in [0.5, 0.6) is 0 Å². The van der Waals surface area contributed by atoms with Crippen molar-refractivity contribution in [1.82, 2.24) is 5.32 Å². The number of benzene rings is 2. The molecule has 28 heavy (non-hydrogen) atoms. The van der Waals surface area contributed by atoms with E-state index in [0.29, 0.717) is 5.69 Å². The van der Waals surface area contributed by atoms with Crippen molar-refractivity contribution in [3.05, 3.63) is 64.7 Å². The highest BCUT2D eigenvalue weighted by atomic mass is 32.2. The van der Waals surface area contributed by atoms with E-state index < -0.39 is 16.1 Å². The molecule has 2 atom stereocenters. The highest BCUT2D eigenvalue weighted by molar-refractivity contribution is 7.92. The molecular formula is C22H30N2O3S. The topological polar surface area (TPSA) is 66.5 Å². The molecule has 0 aliphatic carbocycles. The number of nitrogens with zero attached hydrogens (tertiary/aromatic N) is 1. The van der Waals surface area contributed by atoms with Crippen LogP contribution < -0.4 is 9.62 Å². The Balaban J connectivity index is 2.25. The quantitative estimate of drug-likeness (QED) is 0.764. The van der Waals surface area contributed by atoms with E-state index >= 15 is 0 Å². The normalized spacial score (nSPS) is 13.6. The van der Waals surface area contributed by atoms with Crippen molar-refractivity contribution >= 4 is 21.6 Å². The van der Waals surface area contributed by atoms with Gasteiger partial charge in [0.15, 0.2) is 0 Å². The molecule has 6 heteroatoms. The van der Waals surface area contributed by atoms with Crippen LogP contribution in [0.15, 0.2) is 42.5 Å². The zero-order valence-electron chi connectivity index (χ0n) is 17.5. The van der Waals surface area contributed by atoms with Crippen molar-refractivity contribution < 1.29 is 13.2 Å². The lowest BCUT2D eigenvalue weighted by atomic mass is 10.00. The van der Waals surface area contributed by atoms with Gasteiger partial charge in [-0.15, -0.1) is 0 Å². The van der Waals surface area contributed by atoms with Gasteiger partial charge in [-0.1, -0.05) is 42.8 Å². The third-order valence-corrected chi connectivity index (χ3v) is 6.18. The van der Waals surface area contributed by atoms with Crippen LogP contribution in [0.3, 0.4) is 0 Å². The van der Waals surface area contributed by atoms with Gasteiger partial charge in [0.05, 0.1) is 18.0 Å². The Morgan fingerprint density at radius 1 is 1.07 bits per heavy atom. The van der Waals surface area contributed by atoms with E-state index in [-0.39, 0.29) is 11.9 Å². The molecule has 0 heterocycles. The van der Waals surface area contributed by atoms with E-state index in [0.717, 1.165) is 34.9 Å². The third-order valence-electron chi connectivity index (χ3n) is 4.94. The van der Waals surface area contributed by atoms with E-state index in [1.54, 1.807) is 19.1 Å². The Hall–Kier alpha value is -2.34. The monoisotopic (exact) mass is 402 g/mol. The first-order valence-corrected chi connectivity index (χ1v) is 11.3. The van der Waals surface area contributed by atoms with Crippen molar-refractivity contribution in [2.45, 2.75) is 53.1 Å². The lowest BCUT2D eigenvalue weighted by molar-refractivity contribution is -0.122. The minimum atomic E-state index is -3.62. The summed E-state index contributed by atoms with van der Waals surface area (Å²) in [5, 5.41) is 2.96. The fourth-order valence-corrected chi connectivity index (χ4v) is 4.59. The van der Waals surface area contributed by atoms with Crippen LogP contribution >= 0.6 is 0 Å². The Morgan fingerprint density at radius 2 is 1.68 bits per heavy atom.